The molecule has 1 saturated heterocycles. The Morgan fingerprint density at radius 1 is 1.26 bits per heavy atom. The molecule has 5 heteroatoms. The summed E-state index contributed by atoms with van der Waals surface area (Å²) in [5, 5.41) is 19.4. The topological polar surface area (TPSA) is 68.2 Å². The van der Waals surface area contributed by atoms with Gasteiger partial charge in [-0.2, -0.15) is 0 Å². The highest BCUT2D eigenvalue weighted by molar-refractivity contribution is 5.26. The molecule has 2 rings (SSSR count). The lowest BCUT2D eigenvalue weighted by molar-refractivity contribution is -0.254. The molecule has 4 atom stereocenters. The van der Waals surface area contributed by atoms with E-state index in [2.05, 4.69) is 0 Å². The van der Waals surface area contributed by atoms with Crippen molar-refractivity contribution in [3.05, 3.63) is 29.8 Å². The number of benzene rings is 1. The summed E-state index contributed by atoms with van der Waals surface area (Å²) in [7, 11) is 1.61. The van der Waals surface area contributed by atoms with Gasteiger partial charge in [0.1, 0.15) is 11.9 Å². The fourth-order valence-corrected chi connectivity index (χ4v) is 2.02. The third-order valence-electron chi connectivity index (χ3n) is 3.31. The average molecular weight is 268 g/mol. The zero-order valence-electron chi connectivity index (χ0n) is 11.2. The molecule has 0 spiro atoms. The molecule has 0 unspecified atom stereocenters. The van der Waals surface area contributed by atoms with Gasteiger partial charge in [-0.3, -0.25) is 0 Å². The van der Waals surface area contributed by atoms with Crippen molar-refractivity contribution in [2.24, 2.45) is 0 Å². The second-order valence-corrected chi connectivity index (χ2v) is 4.73. The van der Waals surface area contributed by atoms with E-state index in [0.717, 1.165) is 11.3 Å². The zero-order chi connectivity index (χ0) is 13.8. The van der Waals surface area contributed by atoms with Crippen molar-refractivity contribution in [1.82, 2.24) is 0 Å². The number of rotatable bonds is 4. The van der Waals surface area contributed by atoms with E-state index in [1.54, 1.807) is 14.0 Å². The summed E-state index contributed by atoms with van der Waals surface area (Å²) in [6.45, 7) is 2.09. The molecule has 0 aliphatic carbocycles. The van der Waals surface area contributed by atoms with Crippen molar-refractivity contribution in [3.63, 3.8) is 0 Å². The standard InChI is InChI=1S/C14H20O5/c1-9-12(15)7-13(14(16)19-9)18-8-10-3-5-11(17-2)6-4-10/h3-6,9,12-16H,7-8H2,1-2H3/t9-,12+,13+,14+/m1/s1. The first-order chi connectivity index (χ1) is 9.10. The van der Waals surface area contributed by atoms with Crippen LogP contribution in [0.1, 0.15) is 18.9 Å². The molecular formula is C14H20O5. The highest BCUT2D eigenvalue weighted by Crippen LogP contribution is 2.22. The average Bonchev–Trinajstić information content (AvgIpc) is 2.42. The van der Waals surface area contributed by atoms with Crippen molar-refractivity contribution in [2.45, 2.75) is 44.6 Å². The summed E-state index contributed by atoms with van der Waals surface area (Å²) in [6, 6.07) is 7.49. The van der Waals surface area contributed by atoms with E-state index in [9.17, 15) is 10.2 Å². The molecule has 1 aromatic rings. The second-order valence-electron chi connectivity index (χ2n) is 4.73. The van der Waals surface area contributed by atoms with Crippen molar-refractivity contribution >= 4 is 0 Å². The Labute approximate surface area is 112 Å². The number of methoxy groups -OCH3 is 1. The lowest BCUT2D eigenvalue weighted by Crippen LogP contribution is -2.46. The van der Waals surface area contributed by atoms with Gasteiger partial charge in [-0.05, 0) is 24.6 Å². The first kappa shape index (κ1) is 14.3. The Bertz CT molecular complexity index is 391. The predicted octanol–water partition coefficient (Wildman–Crippen LogP) is 1.07. The molecule has 0 radical (unpaired) electrons. The zero-order valence-corrected chi connectivity index (χ0v) is 11.2. The summed E-state index contributed by atoms with van der Waals surface area (Å²) in [5.41, 5.74) is 0.973. The molecule has 1 aliphatic heterocycles. The minimum Gasteiger partial charge on any atom is -0.497 e. The van der Waals surface area contributed by atoms with E-state index in [1.807, 2.05) is 24.3 Å². The highest BCUT2D eigenvalue weighted by atomic mass is 16.6. The molecule has 0 aromatic heterocycles. The summed E-state index contributed by atoms with van der Waals surface area (Å²) >= 11 is 0. The Morgan fingerprint density at radius 2 is 1.95 bits per heavy atom. The van der Waals surface area contributed by atoms with E-state index >= 15 is 0 Å². The lowest BCUT2D eigenvalue weighted by atomic mass is 10.0. The monoisotopic (exact) mass is 268 g/mol. The lowest BCUT2D eigenvalue weighted by Gasteiger charge is -2.35. The quantitative estimate of drug-likeness (QED) is 0.855. The molecule has 1 aromatic carbocycles. The van der Waals surface area contributed by atoms with Crippen LogP contribution in [0, 0.1) is 0 Å². The second kappa shape index (κ2) is 6.34. The van der Waals surface area contributed by atoms with Gasteiger partial charge < -0.3 is 24.4 Å². The van der Waals surface area contributed by atoms with Gasteiger partial charge in [-0.1, -0.05) is 12.1 Å². The van der Waals surface area contributed by atoms with Gasteiger partial charge in [-0.15, -0.1) is 0 Å². The molecular weight excluding hydrogens is 248 g/mol. The molecule has 0 amide bonds. The molecule has 0 saturated carbocycles. The number of aliphatic hydroxyl groups excluding tert-OH is 2. The molecule has 1 fully saturated rings. The van der Waals surface area contributed by atoms with Gasteiger partial charge in [0.2, 0.25) is 0 Å². The molecule has 19 heavy (non-hydrogen) atoms. The highest BCUT2D eigenvalue weighted by Gasteiger charge is 2.34. The molecule has 106 valence electrons. The molecule has 1 heterocycles. The van der Waals surface area contributed by atoms with E-state index in [4.69, 9.17) is 14.2 Å². The molecule has 2 N–H and O–H groups in total. The third-order valence-corrected chi connectivity index (χ3v) is 3.31. The van der Waals surface area contributed by atoms with Crippen LogP contribution in [0.4, 0.5) is 0 Å². The van der Waals surface area contributed by atoms with Gasteiger partial charge >= 0.3 is 0 Å². The van der Waals surface area contributed by atoms with E-state index in [-0.39, 0.29) is 6.10 Å². The maximum Gasteiger partial charge on any atom is 0.181 e. The van der Waals surface area contributed by atoms with Crippen LogP contribution in [-0.4, -0.2) is 41.9 Å². The van der Waals surface area contributed by atoms with Gasteiger partial charge in [0.15, 0.2) is 6.29 Å². The Balaban J connectivity index is 1.87. The number of hydrogen-bond acceptors (Lipinski definition) is 5. The SMILES string of the molecule is COc1ccc(CO[C@H]2C[C@H](O)[C@@H](C)O[C@@H]2O)cc1. The fourth-order valence-electron chi connectivity index (χ4n) is 2.02. The maximum atomic E-state index is 9.74. The van der Waals surface area contributed by atoms with Crippen LogP contribution in [0.5, 0.6) is 5.75 Å². The smallest absolute Gasteiger partial charge is 0.181 e. The number of aliphatic hydroxyl groups is 2. The minimum absolute atomic E-state index is 0.357. The summed E-state index contributed by atoms with van der Waals surface area (Å²) in [4.78, 5) is 0. The number of ether oxygens (including phenoxy) is 3. The van der Waals surface area contributed by atoms with E-state index < -0.39 is 18.5 Å². The summed E-state index contributed by atoms with van der Waals surface area (Å²) in [5.74, 6) is 0.786. The Kier molecular flexibility index (Phi) is 4.76. The van der Waals surface area contributed by atoms with Crippen LogP contribution in [0.15, 0.2) is 24.3 Å². The molecule has 0 bridgehead atoms. The summed E-state index contributed by atoms with van der Waals surface area (Å²) < 4.78 is 15.9. The first-order valence-electron chi connectivity index (χ1n) is 6.36. The molecule has 1 aliphatic rings. The van der Waals surface area contributed by atoms with E-state index in [1.165, 1.54) is 0 Å². The van der Waals surface area contributed by atoms with Crippen LogP contribution in [0.3, 0.4) is 0 Å². The predicted molar refractivity (Wildman–Crippen MR) is 68.7 cm³/mol. The minimum atomic E-state index is -0.989. The van der Waals surface area contributed by atoms with Crippen LogP contribution in [0.2, 0.25) is 0 Å². The van der Waals surface area contributed by atoms with Gasteiger partial charge in [0.25, 0.3) is 0 Å². The van der Waals surface area contributed by atoms with E-state index in [0.29, 0.717) is 13.0 Å². The normalized spacial score (nSPS) is 31.2. The Morgan fingerprint density at radius 3 is 2.58 bits per heavy atom. The van der Waals surface area contributed by atoms with Crippen molar-refractivity contribution in [2.75, 3.05) is 7.11 Å². The van der Waals surface area contributed by atoms with Gasteiger partial charge in [0.05, 0.1) is 25.9 Å². The summed E-state index contributed by atoms with van der Waals surface area (Å²) in [6.07, 6.45) is -2.09. The van der Waals surface area contributed by atoms with Crippen molar-refractivity contribution < 1.29 is 24.4 Å². The van der Waals surface area contributed by atoms with Crippen LogP contribution < -0.4 is 4.74 Å². The van der Waals surface area contributed by atoms with Crippen molar-refractivity contribution in [3.8, 4) is 5.75 Å². The maximum absolute atomic E-state index is 9.74. The van der Waals surface area contributed by atoms with Crippen LogP contribution in [0.25, 0.3) is 0 Å². The van der Waals surface area contributed by atoms with Crippen LogP contribution in [-0.2, 0) is 16.1 Å². The number of hydrogen-bond donors (Lipinski definition) is 2. The fraction of sp³-hybridized carbons (Fsp3) is 0.571. The van der Waals surface area contributed by atoms with Crippen LogP contribution >= 0.6 is 0 Å². The largest absolute Gasteiger partial charge is 0.497 e. The first-order valence-corrected chi connectivity index (χ1v) is 6.36. The van der Waals surface area contributed by atoms with Gasteiger partial charge in [-0.25, -0.2) is 0 Å². The molecule has 5 nitrogen and oxygen atoms in total. The third kappa shape index (κ3) is 3.67. The van der Waals surface area contributed by atoms with Crippen molar-refractivity contribution in [1.29, 1.82) is 0 Å². The Hall–Kier alpha value is -1.14. The van der Waals surface area contributed by atoms with Gasteiger partial charge in [0, 0.05) is 6.42 Å².